The zero-order valence-corrected chi connectivity index (χ0v) is 10.6. The molecule has 0 unspecified atom stereocenters. The van der Waals surface area contributed by atoms with Crippen molar-refractivity contribution in [3.63, 3.8) is 0 Å². The lowest BCUT2D eigenvalue weighted by molar-refractivity contribution is 0.590. The molecule has 0 amide bonds. The summed E-state index contributed by atoms with van der Waals surface area (Å²) in [7, 11) is 0. The highest BCUT2D eigenvalue weighted by molar-refractivity contribution is 8.13. The van der Waals surface area contributed by atoms with Crippen molar-refractivity contribution in [2.75, 3.05) is 6.26 Å². The smallest absolute Gasteiger partial charge is 0.0780 e. The van der Waals surface area contributed by atoms with Crippen molar-refractivity contribution >= 4 is 22.5 Å². The number of rotatable bonds is 0. The van der Waals surface area contributed by atoms with E-state index in [1.807, 2.05) is 0 Å². The number of thioether (sulfide) groups is 1. The number of nitrogens with zero attached hydrogens (tertiary/aromatic N) is 1. The van der Waals surface area contributed by atoms with Crippen LogP contribution in [0.25, 0.3) is 0 Å². The molecule has 1 heterocycles. The first kappa shape index (κ1) is 10.7. The van der Waals surface area contributed by atoms with E-state index in [0.717, 1.165) is 12.1 Å². The van der Waals surface area contributed by atoms with E-state index < -0.39 is 0 Å². The Hall–Kier alpha value is -0.760. The Morgan fingerprint density at radius 2 is 2.00 bits per heavy atom. The largest absolute Gasteiger partial charge is 0.246 e. The van der Waals surface area contributed by atoms with Crippen molar-refractivity contribution in [2.24, 2.45) is 4.99 Å². The Balaban J connectivity index is 2.36. The zero-order chi connectivity index (χ0) is 11.1. The molecule has 0 aliphatic carbocycles. The molecule has 0 N–H and O–H groups in total. The van der Waals surface area contributed by atoms with Crippen LogP contribution in [0.1, 0.15) is 31.9 Å². The van der Waals surface area contributed by atoms with Gasteiger partial charge < -0.3 is 0 Å². The summed E-state index contributed by atoms with van der Waals surface area (Å²) in [5.41, 5.74) is 4.18. The fourth-order valence-corrected chi connectivity index (χ4v) is 2.25. The van der Waals surface area contributed by atoms with Gasteiger partial charge in [-0.25, -0.2) is 4.99 Å². The molecule has 0 saturated heterocycles. The van der Waals surface area contributed by atoms with Gasteiger partial charge in [-0.2, -0.15) is 0 Å². The number of fused-ring (bicyclic) bond motifs is 1. The van der Waals surface area contributed by atoms with Crippen LogP contribution in [0.2, 0.25) is 0 Å². The molecular weight excluding hydrogens is 202 g/mol. The number of benzene rings is 1. The molecule has 1 aliphatic heterocycles. The minimum absolute atomic E-state index is 0.233. The molecule has 0 bridgehead atoms. The zero-order valence-electron chi connectivity index (χ0n) is 9.79. The van der Waals surface area contributed by atoms with Crippen molar-refractivity contribution in [2.45, 2.75) is 32.6 Å². The summed E-state index contributed by atoms with van der Waals surface area (Å²) in [4.78, 5) is 4.57. The van der Waals surface area contributed by atoms with Gasteiger partial charge in [0, 0.05) is 6.42 Å². The molecule has 1 aromatic carbocycles. The average Bonchev–Trinajstić information content (AvgIpc) is 2.57. The van der Waals surface area contributed by atoms with Gasteiger partial charge in [-0.1, -0.05) is 32.9 Å². The van der Waals surface area contributed by atoms with Crippen LogP contribution in [-0.4, -0.2) is 11.3 Å². The number of hydrogen-bond acceptors (Lipinski definition) is 2. The normalized spacial score (nSPS) is 15.1. The van der Waals surface area contributed by atoms with E-state index in [2.05, 4.69) is 50.2 Å². The Morgan fingerprint density at radius 3 is 2.60 bits per heavy atom. The predicted molar refractivity (Wildman–Crippen MR) is 69.5 cm³/mol. The highest BCUT2D eigenvalue weighted by Crippen LogP contribution is 2.33. The van der Waals surface area contributed by atoms with E-state index in [1.165, 1.54) is 16.2 Å². The maximum absolute atomic E-state index is 4.57. The number of hydrogen-bond donors (Lipinski definition) is 0. The van der Waals surface area contributed by atoms with Crippen LogP contribution in [0.3, 0.4) is 0 Å². The van der Waals surface area contributed by atoms with E-state index in [4.69, 9.17) is 0 Å². The van der Waals surface area contributed by atoms with Crippen LogP contribution >= 0.6 is 11.8 Å². The Morgan fingerprint density at radius 1 is 1.27 bits per heavy atom. The quantitative estimate of drug-likeness (QED) is 0.644. The summed E-state index contributed by atoms with van der Waals surface area (Å²) < 4.78 is 0. The van der Waals surface area contributed by atoms with Crippen LogP contribution in [0.4, 0.5) is 5.69 Å². The molecule has 0 atom stereocenters. The molecule has 0 fully saturated rings. The van der Waals surface area contributed by atoms with Gasteiger partial charge in [0.15, 0.2) is 0 Å². The first-order chi connectivity index (χ1) is 7.00. The summed E-state index contributed by atoms with van der Waals surface area (Å²) in [6.07, 6.45) is 3.11. The van der Waals surface area contributed by atoms with E-state index in [9.17, 15) is 0 Å². The van der Waals surface area contributed by atoms with Gasteiger partial charge in [-0.3, -0.25) is 0 Å². The van der Waals surface area contributed by atoms with Gasteiger partial charge in [-0.15, -0.1) is 11.8 Å². The standard InChI is InChI=1S/C13H17NS/c1-13(2,3)10-5-6-11-9(7-10)8-12(14-11)15-4/h5-7H,8H2,1-4H3. The second kappa shape index (κ2) is 3.67. The average molecular weight is 219 g/mol. The van der Waals surface area contributed by atoms with Crippen LogP contribution < -0.4 is 0 Å². The Labute approximate surface area is 96.0 Å². The minimum atomic E-state index is 0.233. The second-order valence-electron chi connectivity index (χ2n) is 4.98. The Bertz CT molecular complexity index is 413. The lowest BCUT2D eigenvalue weighted by Crippen LogP contribution is -2.11. The second-order valence-corrected chi connectivity index (χ2v) is 5.86. The first-order valence-electron chi connectivity index (χ1n) is 5.25. The molecule has 0 aromatic heterocycles. The molecular formula is C13H17NS. The van der Waals surface area contributed by atoms with Crippen molar-refractivity contribution in [3.05, 3.63) is 29.3 Å². The minimum Gasteiger partial charge on any atom is -0.246 e. The van der Waals surface area contributed by atoms with Crippen molar-refractivity contribution in [1.82, 2.24) is 0 Å². The fourth-order valence-electron chi connectivity index (χ4n) is 1.76. The number of aliphatic imine (C=N–C) groups is 1. The first-order valence-corrected chi connectivity index (χ1v) is 6.48. The topological polar surface area (TPSA) is 12.4 Å². The summed E-state index contributed by atoms with van der Waals surface area (Å²) in [6.45, 7) is 6.75. The molecule has 80 valence electrons. The summed E-state index contributed by atoms with van der Waals surface area (Å²) >= 11 is 1.75. The third-order valence-electron chi connectivity index (χ3n) is 2.77. The van der Waals surface area contributed by atoms with Crippen molar-refractivity contribution in [3.8, 4) is 0 Å². The maximum Gasteiger partial charge on any atom is 0.0780 e. The third kappa shape index (κ3) is 2.10. The van der Waals surface area contributed by atoms with Crippen LogP contribution in [0.15, 0.2) is 23.2 Å². The van der Waals surface area contributed by atoms with Gasteiger partial charge in [0.2, 0.25) is 0 Å². The summed E-state index contributed by atoms with van der Waals surface area (Å²) in [5.74, 6) is 0. The van der Waals surface area contributed by atoms with Gasteiger partial charge in [0.25, 0.3) is 0 Å². The summed E-state index contributed by atoms with van der Waals surface area (Å²) in [5, 5.41) is 1.23. The van der Waals surface area contributed by atoms with Crippen LogP contribution in [-0.2, 0) is 11.8 Å². The molecule has 0 radical (unpaired) electrons. The van der Waals surface area contributed by atoms with Gasteiger partial charge in [0.05, 0.1) is 10.7 Å². The van der Waals surface area contributed by atoms with Crippen LogP contribution in [0.5, 0.6) is 0 Å². The lowest BCUT2D eigenvalue weighted by Gasteiger charge is -2.19. The fraction of sp³-hybridized carbons (Fsp3) is 0.462. The molecule has 1 nitrogen and oxygen atoms in total. The SMILES string of the molecule is CSC1=Nc2ccc(C(C)(C)C)cc2C1. The Kier molecular flexibility index (Phi) is 2.63. The molecule has 15 heavy (non-hydrogen) atoms. The molecule has 0 saturated carbocycles. The predicted octanol–water partition coefficient (Wildman–Crippen LogP) is 3.93. The monoisotopic (exact) mass is 219 g/mol. The molecule has 2 rings (SSSR count). The summed E-state index contributed by atoms with van der Waals surface area (Å²) in [6, 6.07) is 6.66. The highest BCUT2D eigenvalue weighted by Gasteiger charge is 2.18. The van der Waals surface area contributed by atoms with Crippen LogP contribution in [0, 0.1) is 0 Å². The lowest BCUT2D eigenvalue weighted by atomic mass is 9.86. The molecule has 0 spiro atoms. The molecule has 2 heteroatoms. The van der Waals surface area contributed by atoms with E-state index in [0.29, 0.717) is 0 Å². The van der Waals surface area contributed by atoms with Gasteiger partial charge in [0.1, 0.15) is 0 Å². The molecule has 1 aliphatic rings. The molecule has 1 aromatic rings. The van der Waals surface area contributed by atoms with E-state index in [-0.39, 0.29) is 5.41 Å². The van der Waals surface area contributed by atoms with Gasteiger partial charge >= 0.3 is 0 Å². The van der Waals surface area contributed by atoms with E-state index >= 15 is 0 Å². The van der Waals surface area contributed by atoms with Crippen molar-refractivity contribution in [1.29, 1.82) is 0 Å². The van der Waals surface area contributed by atoms with E-state index in [1.54, 1.807) is 11.8 Å². The maximum atomic E-state index is 4.57. The third-order valence-corrected chi connectivity index (χ3v) is 3.47. The van der Waals surface area contributed by atoms with Crippen molar-refractivity contribution < 1.29 is 0 Å². The highest BCUT2D eigenvalue weighted by atomic mass is 32.2. The van der Waals surface area contributed by atoms with Gasteiger partial charge in [-0.05, 0) is 28.9 Å².